The fourth-order valence-corrected chi connectivity index (χ4v) is 2.68. The van der Waals surface area contributed by atoms with Crippen molar-refractivity contribution in [1.82, 2.24) is 9.80 Å². The Morgan fingerprint density at radius 3 is 2.71 bits per heavy atom. The predicted octanol–water partition coefficient (Wildman–Crippen LogP) is 2.09. The lowest BCUT2D eigenvalue weighted by Gasteiger charge is -2.40. The standard InChI is InChI=1S/C17H24N2O2/c1-4-21-17(20)14(2)12-19-11-10-18(3)13-16(19)15-8-6-5-7-9-15/h5-9,16H,2,4,10-13H2,1,3H3. The molecule has 4 heteroatoms. The van der Waals surface area contributed by atoms with Crippen molar-refractivity contribution in [3.05, 3.63) is 48.0 Å². The number of rotatable bonds is 5. The second-order valence-electron chi connectivity index (χ2n) is 5.48. The monoisotopic (exact) mass is 288 g/mol. The minimum Gasteiger partial charge on any atom is -0.463 e. The van der Waals surface area contributed by atoms with Gasteiger partial charge in [0.2, 0.25) is 0 Å². The summed E-state index contributed by atoms with van der Waals surface area (Å²) in [5.41, 5.74) is 1.81. The molecule has 0 bridgehead atoms. The number of likely N-dealkylation sites (N-methyl/N-ethyl adjacent to an activating group) is 1. The van der Waals surface area contributed by atoms with Crippen LogP contribution in [-0.4, -0.2) is 55.6 Å². The van der Waals surface area contributed by atoms with Crippen LogP contribution in [0.5, 0.6) is 0 Å². The first-order valence-electron chi connectivity index (χ1n) is 7.44. The van der Waals surface area contributed by atoms with Gasteiger partial charge in [0.15, 0.2) is 0 Å². The molecule has 0 radical (unpaired) electrons. The van der Waals surface area contributed by atoms with Gasteiger partial charge in [0.1, 0.15) is 0 Å². The first-order valence-corrected chi connectivity index (χ1v) is 7.44. The van der Waals surface area contributed by atoms with E-state index in [2.05, 4.69) is 47.7 Å². The summed E-state index contributed by atoms with van der Waals surface area (Å²) in [6, 6.07) is 10.7. The van der Waals surface area contributed by atoms with Gasteiger partial charge in [-0.3, -0.25) is 4.90 Å². The molecule has 114 valence electrons. The fraction of sp³-hybridized carbons (Fsp3) is 0.471. The lowest BCUT2D eigenvalue weighted by Crippen LogP contribution is -2.47. The lowest BCUT2D eigenvalue weighted by atomic mass is 10.0. The van der Waals surface area contributed by atoms with E-state index < -0.39 is 0 Å². The van der Waals surface area contributed by atoms with E-state index in [1.165, 1.54) is 5.56 Å². The third-order valence-corrected chi connectivity index (χ3v) is 3.84. The number of nitrogens with zero attached hydrogens (tertiary/aromatic N) is 2. The van der Waals surface area contributed by atoms with Crippen LogP contribution < -0.4 is 0 Å². The molecule has 1 unspecified atom stereocenters. The van der Waals surface area contributed by atoms with Gasteiger partial charge < -0.3 is 9.64 Å². The van der Waals surface area contributed by atoms with Crippen molar-refractivity contribution in [3.63, 3.8) is 0 Å². The largest absolute Gasteiger partial charge is 0.463 e. The minimum atomic E-state index is -0.289. The third kappa shape index (κ3) is 4.16. The molecule has 0 aromatic heterocycles. The zero-order valence-corrected chi connectivity index (χ0v) is 12.9. The maximum Gasteiger partial charge on any atom is 0.334 e. The van der Waals surface area contributed by atoms with Crippen molar-refractivity contribution >= 4 is 5.97 Å². The van der Waals surface area contributed by atoms with Crippen LogP contribution in [0.4, 0.5) is 0 Å². The van der Waals surface area contributed by atoms with E-state index in [0.29, 0.717) is 18.7 Å². The van der Waals surface area contributed by atoms with Crippen molar-refractivity contribution < 1.29 is 9.53 Å². The van der Waals surface area contributed by atoms with Crippen molar-refractivity contribution in [2.24, 2.45) is 0 Å². The fourth-order valence-electron chi connectivity index (χ4n) is 2.68. The number of esters is 1. The van der Waals surface area contributed by atoms with E-state index >= 15 is 0 Å². The molecular weight excluding hydrogens is 264 g/mol. The topological polar surface area (TPSA) is 32.8 Å². The number of hydrogen-bond donors (Lipinski definition) is 0. The third-order valence-electron chi connectivity index (χ3n) is 3.84. The zero-order valence-electron chi connectivity index (χ0n) is 12.9. The van der Waals surface area contributed by atoms with Crippen LogP contribution in [-0.2, 0) is 9.53 Å². The van der Waals surface area contributed by atoms with Crippen LogP contribution >= 0.6 is 0 Å². The van der Waals surface area contributed by atoms with Crippen molar-refractivity contribution in [2.45, 2.75) is 13.0 Å². The van der Waals surface area contributed by atoms with Gasteiger partial charge in [0.05, 0.1) is 6.61 Å². The molecule has 1 aromatic rings. The van der Waals surface area contributed by atoms with Crippen molar-refractivity contribution in [3.8, 4) is 0 Å². The Kier molecular flexibility index (Phi) is 5.53. The number of carbonyl (C=O) groups is 1. The van der Waals surface area contributed by atoms with E-state index in [9.17, 15) is 4.79 Å². The van der Waals surface area contributed by atoms with Crippen molar-refractivity contribution in [1.29, 1.82) is 0 Å². The van der Waals surface area contributed by atoms with Crippen LogP contribution in [0, 0.1) is 0 Å². The predicted molar refractivity (Wildman–Crippen MR) is 84.0 cm³/mol. The Balaban J connectivity index is 2.08. The summed E-state index contributed by atoms with van der Waals surface area (Å²) in [6.07, 6.45) is 0. The summed E-state index contributed by atoms with van der Waals surface area (Å²) in [5.74, 6) is -0.289. The quantitative estimate of drug-likeness (QED) is 0.613. The second kappa shape index (κ2) is 7.38. The molecule has 2 rings (SSSR count). The first kappa shape index (κ1) is 15.7. The van der Waals surface area contributed by atoms with E-state index in [4.69, 9.17) is 4.74 Å². The first-order chi connectivity index (χ1) is 10.1. The molecule has 1 aliphatic rings. The Bertz CT molecular complexity index is 487. The average Bonchev–Trinajstić information content (AvgIpc) is 2.50. The number of piperazine rings is 1. The molecule has 1 aliphatic heterocycles. The Hall–Kier alpha value is -1.65. The molecule has 1 heterocycles. The summed E-state index contributed by atoms with van der Waals surface area (Å²) in [4.78, 5) is 16.4. The normalized spacial score (nSPS) is 20.2. The maximum absolute atomic E-state index is 11.8. The number of benzene rings is 1. The number of ether oxygens (including phenoxy) is 1. The smallest absolute Gasteiger partial charge is 0.334 e. The molecule has 1 saturated heterocycles. The Morgan fingerprint density at radius 1 is 1.33 bits per heavy atom. The molecule has 1 aromatic carbocycles. The molecule has 4 nitrogen and oxygen atoms in total. The van der Waals surface area contributed by atoms with Gasteiger partial charge >= 0.3 is 5.97 Å². The van der Waals surface area contributed by atoms with Crippen LogP contribution in [0.25, 0.3) is 0 Å². The highest BCUT2D eigenvalue weighted by molar-refractivity contribution is 5.88. The molecule has 1 fully saturated rings. The summed E-state index contributed by atoms with van der Waals surface area (Å²) in [7, 11) is 2.13. The molecule has 0 N–H and O–H groups in total. The van der Waals surface area contributed by atoms with Gasteiger partial charge in [-0.1, -0.05) is 36.9 Å². The van der Waals surface area contributed by atoms with Gasteiger partial charge in [0.25, 0.3) is 0 Å². The number of hydrogen-bond acceptors (Lipinski definition) is 4. The SMILES string of the molecule is C=C(CN1CCN(C)CC1c1ccccc1)C(=O)OCC. The Morgan fingerprint density at radius 2 is 2.05 bits per heavy atom. The van der Waals surface area contributed by atoms with Gasteiger partial charge in [-0.15, -0.1) is 0 Å². The van der Waals surface area contributed by atoms with Gasteiger partial charge in [0, 0.05) is 37.8 Å². The van der Waals surface area contributed by atoms with Gasteiger partial charge in [-0.05, 0) is 19.5 Å². The molecule has 0 saturated carbocycles. The number of carbonyl (C=O) groups excluding carboxylic acids is 1. The van der Waals surface area contributed by atoms with Crippen molar-refractivity contribution in [2.75, 3.05) is 39.8 Å². The summed E-state index contributed by atoms with van der Waals surface area (Å²) in [5, 5.41) is 0. The van der Waals surface area contributed by atoms with Gasteiger partial charge in [-0.25, -0.2) is 4.79 Å². The van der Waals surface area contributed by atoms with E-state index in [1.807, 2.05) is 13.0 Å². The molecule has 0 amide bonds. The summed E-state index contributed by atoms with van der Waals surface area (Å²) < 4.78 is 5.03. The highest BCUT2D eigenvalue weighted by Gasteiger charge is 2.27. The van der Waals surface area contributed by atoms with Crippen LogP contribution in [0.15, 0.2) is 42.5 Å². The van der Waals surface area contributed by atoms with Crippen LogP contribution in [0.2, 0.25) is 0 Å². The average molecular weight is 288 g/mol. The summed E-state index contributed by atoms with van der Waals surface area (Å²) >= 11 is 0. The van der Waals surface area contributed by atoms with Gasteiger partial charge in [-0.2, -0.15) is 0 Å². The summed E-state index contributed by atoms with van der Waals surface area (Å²) in [6.45, 7) is 9.53. The zero-order chi connectivity index (χ0) is 15.2. The molecule has 0 spiro atoms. The molecule has 0 aliphatic carbocycles. The highest BCUT2D eigenvalue weighted by Crippen LogP contribution is 2.25. The van der Waals surface area contributed by atoms with E-state index in [-0.39, 0.29) is 12.0 Å². The maximum atomic E-state index is 11.8. The molecule has 21 heavy (non-hydrogen) atoms. The second-order valence-corrected chi connectivity index (χ2v) is 5.48. The van der Waals surface area contributed by atoms with Crippen LogP contribution in [0.1, 0.15) is 18.5 Å². The molecule has 1 atom stereocenters. The minimum absolute atomic E-state index is 0.288. The van der Waals surface area contributed by atoms with Crippen LogP contribution in [0.3, 0.4) is 0 Å². The Labute approximate surface area is 127 Å². The molecular formula is C17H24N2O2. The lowest BCUT2D eigenvalue weighted by molar-refractivity contribution is -0.138. The van der Waals surface area contributed by atoms with E-state index in [1.54, 1.807) is 0 Å². The highest BCUT2D eigenvalue weighted by atomic mass is 16.5. The van der Waals surface area contributed by atoms with E-state index in [0.717, 1.165) is 19.6 Å².